The van der Waals surface area contributed by atoms with Crippen molar-refractivity contribution in [1.29, 1.82) is 0 Å². The molecule has 1 heterocycles. The van der Waals surface area contributed by atoms with Crippen LogP contribution in [0.2, 0.25) is 0 Å². The van der Waals surface area contributed by atoms with Crippen molar-refractivity contribution in [3.8, 4) is 0 Å². The van der Waals surface area contributed by atoms with E-state index in [9.17, 15) is 0 Å². The number of nitrogens with zero attached hydrogens (tertiary/aromatic N) is 1. The van der Waals surface area contributed by atoms with Crippen molar-refractivity contribution in [2.45, 2.75) is 12.8 Å². The molecule has 1 aromatic rings. The van der Waals surface area contributed by atoms with Crippen molar-refractivity contribution in [2.75, 3.05) is 0 Å². The first kappa shape index (κ1) is 12.0. The second-order valence-electron chi connectivity index (χ2n) is 2.49. The van der Waals surface area contributed by atoms with Gasteiger partial charge in [0.2, 0.25) is 0 Å². The monoisotopic (exact) mass is 235 g/mol. The number of rotatable bonds is 0. The largest absolute Gasteiger partial charge is 0.358 e. The minimum atomic E-state index is 0. The summed E-state index contributed by atoms with van der Waals surface area (Å²) >= 11 is 0. The first-order valence-electron chi connectivity index (χ1n) is 3.57. The van der Waals surface area contributed by atoms with Gasteiger partial charge in [0.25, 0.3) is 0 Å². The van der Waals surface area contributed by atoms with Gasteiger partial charge in [-0.3, -0.25) is 4.98 Å². The van der Waals surface area contributed by atoms with Crippen LogP contribution in [0.3, 0.4) is 0 Å². The number of hydrogen-bond acceptors (Lipinski definition) is 1. The fourth-order valence-corrected chi connectivity index (χ4v) is 1.25. The van der Waals surface area contributed by atoms with Crippen LogP contribution in [0.5, 0.6) is 0 Å². The number of allylic oxidation sites excluding steroid dienone is 1. The minimum Gasteiger partial charge on any atom is -0.358 e. The molecule has 0 saturated carbocycles. The van der Waals surface area contributed by atoms with E-state index in [1.807, 2.05) is 12.3 Å². The molecule has 61 valence electrons. The van der Waals surface area contributed by atoms with Gasteiger partial charge in [0, 0.05) is 38.9 Å². The normalized spacial score (nSPS) is 12.3. The third-order valence-electron chi connectivity index (χ3n) is 1.78. The van der Waals surface area contributed by atoms with Gasteiger partial charge in [0.05, 0.1) is 5.69 Å². The minimum absolute atomic E-state index is 0. The average molecular weight is 235 g/mol. The van der Waals surface area contributed by atoms with Gasteiger partial charge in [-0.25, -0.2) is 0 Å². The Hall–Kier alpha value is -0.00610. The van der Waals surface area contributed by atoms with E-state index < -0.39 is 0 Å². The third-order valence-corrected chi connectivity index (χ3v) is 1.78. The van der Waals surface area contributed by atoms with Crippen molar-refractivity contribution in [2.24, 2.45) is 0 Å². The molecule has 0 amide bonds. The average Bonchev–Trinajstić information content (AvgIpc) is 2.05. The van der Waals surface area contributed by atoms with Gasteiger partial charge in [0.1, 0.15) is 0 Å². The van der Waals surface area contributed by atoms with Gasteiger partial charge in [-0.2, -0.15) is 0 Å². The van der Waals surface area contributed by atoms with Gasteiger partial charge in [0.15, 0.2) is 0 Å². The van der Waals surface area contributed by atoms with Crippen LogP contribution in [0, 0.1) is 7.43 Å². The predicted molar refractivity (Wildman–Crippen MR) is 48.0 cm³/mol. The first-order chi connectivity index (χ1) is 4.97. The molecular formula is C10H12NY-. The molecule has 0 unspecified atom stereocenters. The van der Waals surface area contributed by atoms with E-state index in [0.717, 1.165) is 12.1 Å². The van der Waals surface area contributed by atoms with E-state index in [4.69, 9.17) is 0 Å². The van der Waals surface area contributed by atoms with Crippen molar-refractivity contribution >= 4 is 6.08 Å². The van der Waals surface area contributed by atoms with E-state index in [2.05, 4.69) is 23.2 Å². The molecule has 12 heavy (non-hydrogen) atoms. The molecule has 1 aliphatic carbocycles. The van der Waals surface area contributed by atoms with Crippen LogP contribution in [0.4, 0.5) is 0 Å². The Bertz CT molecular complexity index is 268. The SMILES string of the molecule is C1=Cc2ncccc2CC1.[CH3-].[Y]. The summed E-state index contributed by atoms with van der Waals surface area (Å²) in [4.78, 5) is 4.23. The summed E-state index contributed by atoms with van der Waals surface area (Å²) in [6, 6.07) is 4.14. The number of aromatic nitrogens is 1. The molecule has 1 aromatic heterocycles. The van der Waals surface area contributed by atoms with E-state index in [0.29, 0.717) is 0 Å². The molecule has 0 saturated heterocycles. The molecule has 1 aliphatic rings. The molecular weight excluding hydrogens is 223 g/mol. The zero-order valence-electron chi connectivity index (χ0n) is 7.33. The zero-order chi connectivity index (χ0) is 6.81. The first-order valence-corrected chi connectivity index (χ1v) is 3.57. The van der Waals surface area contributed by atoms with Crippen LogP contribution in [0.15, 0.2) is 24.4 Å². The Balaban J connectivity index is 0.000000605. The molecule has 0 N–H and O–H groups in total. The molecule has 0 aliphatic heterocycles. The summed E-state index contributed by atoms with van der Waals surface area (Å²) in [7, 11) is 0. The number of aryl methyl sites for hydroxylation is 1. The summed E-state index contributed by atoms with van der Waals surface area (Å²) < 4.78 is 0. The molecule has 0 spiro atoms. The maximum atomic E-state index is 4.23. The number of fused-ring (bicyclic) bond motifs is 1. The molecule has 2 rings (SSSR count). The Kier molecular flexibility index (Phi) is 5.60. The van der Waals surface area contributed by atoms with Gasteiger partial charge in [-0.05, 0) is 30.5 Å². The summed E-state index contributed by atoms with van der Waals surface area (Å²) in [6.45, 7) is 0. The van der Waals surface area contributed by atoms with Gasteiger partial charge in [-0.1, -0.05) is 12.1 Å². The van der Waals surface area contributed by atoms with E-state index >= 15 is 0 Å². The summed E-state index contributed by atoms with van der Waals surface area (Å²) in [5.41, 5.74) is 2.53. The van der Waals surface area contributed by atoms with Crippen LogP contribution in [-0.2, 0) is 39.1 Å². The van der Waals surface area contributed by atoms with Gasteiger partial charge >= 0.3 is 0 Å². The maximum absolute atomic E-state index is 4.23. The van der Waals surface area contributed by atoms with Crippen LogP contribution in [-0.4, -0.2) is 4.98 Å². The van der Waals surface area contributed by atoms with Crippen molar-refractivity contribution in [3.63, 3.8) is 0 Å². The van der Waals surface area contributed by atoms with Crippen LogP contribution < -0.4 is 0 Å². The zero-order valence-corrected chi connectivity index (χ0v) is 10.2. The third kappa shape index (κ3) is 2.50. The van der Waals surface area contributed by atoms with Gasteiger partial charge < -0.3 is 7.43 Å². The van der Waals surface area contributed by atoms with Crippen LogP contribution >= 0.6 is 0 Å². The van der Waals surface area contributed by atoms with E-state index in [1.165, 1.54) is 12.0 Å². The molecule has 0 atom stereocenters. The summed E-state index contributed by atoms with van der Waals surface area (Å²) in [6.07, 6.45) is 8.43. The second-order valence-corrected chi connectivity index (χ2v) is 2.49. The topological polar surface area (TPSA) is 12.9 Å². The molecule has 0 fully saturated rings. The fourth-order valence-electron chi connectivity index (χ4n) is 1.25. The fraction of sp³-hybridized carbons (Fsp3) is 0.200. The predicted octanol–water partition coefficient (Wildman–Crippen LogP) is 2.49. The Labute approximate surface area is 99.2 Å². The van der Waals surface area contributed by atoms with Crippen molar-refractivity contribution < 1.29 is 32.7 Å². The Morgan fingerprint density at radius 3 is 2.92 bits per heavy atom. The van der Waals surface area contributed by atoms with Crippen LogP contribution in [0.25, 0.3) is 6.08 Å². The summed E-state index contributed by atoms with van der Waals surface area (Å²) in [5.74, 6) is 0. The Morgan fingerprint density at radius 1 is 1.33 bits per heavy atom. The van der Waals surface area contributed by atoms with E-state index in [1.54, 1.807) is 0 Å². The second kappa shape index (κ2) is 5.61. The smallest absolute Gasteiger partial charge is 0.0658 e. The van der Waals surface area contributed by atoms with Crippen molar-refractivity contribution in [3.05, 3.63) is 43.1 Å². The molecule has 2 heteroatoms. The molecule has 1 radical (unpaired) electrons. The molecule has 0 aromatic carbocycles. The van der Waals surface area contributed by atoms with Crippen LogP contribution in [0.1, 0.15) is 17.7 Å². The van der Waals surface area contributed by atoms with Crippen molar-refractivity contribution in [1.82, 2.24) is 4.98 Å². The summed E-state index contributed by atoms with van der Waals surface area (Å²) in [5, 5.41) is 0. The quantitative estimate of drug-likeness (QED) is 0.629. The number of hydrogen-bond donors (Lipinski definition) is 0. The molecule has 1 nitrogen and oxygen atoms in total. The molecule has 0 bridgehead atoms. The maximum Gasteiger partial charge on any atom is 0.0658 e. The Morgan fingerprint density at radius 2 is 2.17 bits per heavy atom. The number of pyridine rings is 1. The van der Waals surface area contributed by atoms with E-state index in [-0.39, 0.29) is 40.1 Å². The van der Waals surface area contributed by atoms with Gasteiger partial charge in [-0.15, -0.1) is 0 Å². The standard InChI is InChI=1S/C9H9N.CH3.Y/c1-2-6-9-8(4-1)5-3-7-10-9;;/h2-3,5-7H,1,4H2;1H3;/q;-1;.